The Bertz CT molecular complexity index is 695. The number of hydrogen-bond donors (Lipinski definition) is 2. The second kappa shape index (κ2) is 7.48. The van der Waals surface area contributed by atoms with Gasteiger partial charge in [-0.15, -0.1) is 0 Å². The fraction of sp³-hybridized carbons (Fsp3) is 0.133. The van der Waals surface area contributed by atoms with Crippen LogP contribution in [0, 0.1) is 11.6 Å². The number of halogens is 4. The number of hydrogen-bond acceptors (Lipinski definition) is 3. The average molecular weight is 328 g/mol. The molecule has 0 radical (unpaired) electrons. The van der Waals surface area contributed by atoms with Gasteiger partial charge in [0.15, 0.2) is 11.6 Å². The Balaban J connectivity index is 1.95. The minimum absolute atomic E-state index is 0.0767. The molecule has 0 fully saturated rings. The third-order valence-corrected chi connectivity index (χ3v) is 2.75. The SMILES string of the molecule is O=C(CNc1ccccc1OC(F)F)Nc1ccc(F)c(F)c1. The number of ether oxygens (including phenoxy) is 1. The molecule has 2 aromatic carbocycles. The molecule has 4 nitrogen and oxygen atoms in total. The van der Waals surface area contributed by atoms with Crippen molar-refractivity contribution in [2.45, 2.75) is 6.61 Å². The van der Waals surface area contributed by atoms with Gasteiger partial charge in [0.1, 0.15) is 5.75 Å². The van der Waals surface area contributed by atoms with Gasteiger partial charge in [-0.2, -0.15) is 8.78 Å². The highest BCUT2D eigenvalue weighted by molar-refractivity contribution is 5.93. The van der Waals surface area contributed by atoms with E-state index in [2.05, 4.69) is 15.4 Å². The molecule has 122 valence electrons. The van der Waals surface area contributed by atoms with Crippen molar-refractivity contribution in [1.29, 1.82) is 0 Å². The van der Waals surface area contributed by atoms with Crippen LogP contribution in [0.5, 0.6) is 5.75 Å². The fourth-order valence-electron chi connectivity index (χ4n) is 1.77. The number of benzene rings is 2. The third kappa shape index (κ3) is 4.87. The number of nitrogens with one attached hydrogen (secondary N) is 2. The van der Waals surface area contributed by atoms with Crippen LogP contribution in [0.15, 0.2) is 42.5 Å². The van der Waals surface area contributed by atoms with E-state index in [-0.39, 0.29) is 23.7 Å². The molecule has 0 aliphatic carbocycles. The number of para-hydroxylation sites is 2. The molecule has 2 rings (SSSR count). The van der Waals surface area contributed by atoms with E-state index >= 15 is 0 Å². The van der Waals surface area contributed by atoms with Gasteiger partial charge in [0.2, 0.25) is 5.91 Å². The lowest BCUT2D eigenvalue weighted by atomic mass is 10.3. The number of rotatable bonds is 6. The Kier molecular flexibility index (Phi) is 5.40. The molecule has 23 heavy (non-hydrogen) atoms. The van der Waals surface area contributed by atoms with Crippen LogP contribution in [-0.2, 0) is 4.79 Å². The van der Waals surface area contributed by atoms with Gasteiger partial charge < -0.3 is 15.4 Å². The van der Waals surface area contributed by atoms with Crippen molar-refractivity contribution >= 4 is 17.3 Å². The second-order valence-electron chi connectivity index (χ2n) is 4.41. The van der Waals surface area contributed by atoms with E-state index in [9.17, 15) is 22.4 Å². The average Bonchev–Trinajstić information content (AvgIpc) is 2.49. The zero-order chi connectivity index (χ0) is 16.8. The predicted molar refractivity (Wildman–Crippen MR) is 76.6 cm³/mol. The van der Waals surface area contributed by atoms with Crippen LogP contribution in [0.1, 0.15) is 0 Å². The summed E-state index contributed by atoms with van der Waals surface area (Å²) < 4.78 is 54.6. The van der Waals surface area contributed by atoms with Gasteiger partial charge in [0.25, 0.3) is 0 Å². The normalized spacial score (nSPS) is 10.5. The maximum Gasteiger partial charge on any atom is 0.387 e. The van der Waals surface area contributed by atoms with Gasteiger partial charge in [-0.25, -0.2) is 8.78 Å². The van der Waals surface area contributed by atoms with Crippen LogP contribution in [0.2, 0.25) is 0 Å². The van der Waals surface area contributed by atoms with Crippen LogP contribution in [0.25, 0.3) is 0 Å². The van der Waals surface area contributed by atoms with E-state index in [0.717, 1.165) is 12.1 Å². The number of amides is 1. The summed E-state index contributed by atoms with van der Waals surface area (Å²) in [6.45, 7) is -3.27. The van der Waals surface area contributed by atoms with Gasteiger partial charge >= 0.3 is 6.61 Å². The highest BCUT2D eigenvalue weighted by Crippen LogP contribution is 2.25. The van der Waals surface area contributed by atoms with E-state index in [0.29, 0.717) is 0 Å². The Morgan fingerprint density at radius 2 is 1.83 bits per heavy atom. The molecule has 2 aromatic rings. The first-order valence-corrected chi connectivity index (χ1v) is 6.48. The number of anilines is 2. The predicted octanol–water partition coefficient (Wildman–Crippen LogP) is 3.62. The van der Waals surface area contributed by atoms with E-state index in [1.165, 1.54) is 24.3 Å². The van der Waals surface area contributed by atoms with Crippen molar-refractivity contribution < 1.29 is 27.1 Å². The molecule has 0 aromatic heterocycles. The molecule has 0 aliphatic heterocycles. The molecule has 8 heteroatoms. The number of carbonyl (C=O) groups excluding carboxylic acids is 1. The quantitative estimate of drug-likeness (QED) is 0.797. The van der Waals surface area contributed by atoms with E-state index < -0.39 is 24.2 Å². The van der Waals surface area contributed by atoms with Crippen LogP contribution in [-0.4, -0.2) is 19.1 Å². The van der Waals surface area contributed by atoms with E-state index in [1.807, 2.05) is 0 Å². The second-order valence-corrected chi connectivity index (χ2v) is 4.41. The fourth-order valence-corrected chi connectivity index (χ4v) is 1.77. The van der Waals surface area contributed by atoms with Gasteiger partial charge in [0.05, 0.1) is 12.2 Å². The van der Waals surface area contributed by atoms with Crippen molar-refractivity contribution in [3.05, 3.63) is 54.1 Å². The monoisotopic (exact) mass is 328 g/mol. The van der Waals surface area contributed by atoms with Crippen LogP contribution in [0.3, 0.4) is 0 Å². The van der Waals surface area contributed by atoms with Crippen molar-refractivity contribution in [2.24, 2.45) is 0 Å². The zero-order valence-corrected chi connectivity index (χ0v) is 11.7. The number of carbonyl (C=O) groups is 1. The summed E-state index contributed by atoms with van der Waals surface area (Å²) in [5, 5.41) is 4.97. The summed E-state index contributed by atoms with van der Waals surface area (Å²) in [6, 6.07) is 8.78. The van der Waals surface area contributed by atoms with Gasteiger partial charge in [-0.3, -0.25) is 4.79 Å². The molecule has 0 saturated carbocycles. The molecule has 0 bridgehead atoms. The third-order valence-electron chi connectivity index (χ3n) is 2.75. The maximum atomic E-state index is 13.0. The molecular formula is C15H12F4N2O2. The molecule has 0 heterocycles. The lowest BCUT2D eigenvalue weighted by Crippen LogP contribution is -2.22. The first-order chi connectivity index (χ1) is 11.0. The van der Waals surface area contributed by atoms with E-state index in [4.69, 9.17) is 0 Å². The van der Waals surface area contributed by atoms with Gasteiger partial charge in [-0.1, -0.05) is 12.1 Å². The van der Waals surface area contributed by atoms with Gasteiger partial charge in [0, 0.05) is 11.8 Å². The number of alkyl halides is 2. The minimum Gasteiger partial charge on any atom is -0.433 e. The molecule has 0 saturated heterocycles. The Morgan fingerprint density at radius 3 is 2.52 bits per heavy atom. The smallest absolute Gasteiger partial charge is 0.387 e. The summed E-state index contributed by atoms with van der Waals surface area (Å²) in [6.07, 6.45) is 0. The summed E-state index contributed by atoms with van der Waals surface area (Å²) in [7, 11) is 0. The van der Waals surface area contributed by atoms with Gasteiger partial charge in [-0.05, 0) is 24.3 Å². The molecule has 0 atom stereocenters. The van der Waals surface area contributed by atoms with Crippen molar-refractivity contribution in [3.8, 4) is 5.75 Å². The molecule has 0 unspecified atom stereocenters. The first kappa shape index (κ1) is 16.6. The zero-order valence-electron chi connectivity index (χ0n) is 11.7. The molecule has 0 spiro atoms. The largest absolute Gasteiger partial charge is 0.433 e. The van der Waals surface area contributed by atoms with E-state index in [1.54, 1.807) is 6.07 Å². The Morgan fingerprint density at radius 1 is 1.09 bits per heavy atom. The molecular weight excluding hydrogens is 316 g/mol. The Labute approximate surface area is 129 Å². The summed E-state index contributed by atoms with van der Waals surface area (Å²) in [5.41, 5.74) is 0.279. The maximum absolute atomic E-state index is 13.0. The molecule has 0 aliphatic rings. The minimum atomic E-state index is -2.99. The Hall–Kier alpha value is -2.77. The lowest BCUT2D eigenvalue weighted by Gasteiger charge is -2.12. The van der Waals surface area contributed by atoms with Crippen molar-refractivity contribution in [1.82, 2.24) is 0 Å². The summed E-state index contributed by atoms with van der Waals surface area (Å²) in [4.78, 5) is 11.7. The first-order valence-electron chi connectivity index (χ1n) is 6.48. The van der Waals surface area contributed by atoms with Crippen molar-refractivity contribution in [2.75, 3.05) is 17.2 Å². The standard InChI is InChI=1S/C15H12F4N2O2/c16-10-6-5-9(7-11(10)17)21-14(22)8-20-12-3-1-2-4-13(12)23-15(18)19/h1-7,15,20H,8H2,(H,21,22). The van der Waals surface area contributed by atoms with Crippen LogP contribution >= 0.6 is 0 Å². The highest BCUT2D eigenvalue weighted by Gasteiger charge is 2.10. The van der Waals surface area contributed by atoms with Crippen LogP contribution in [0.4, 0.5) is 28.9 Å². The van der Waals surface area contributed by atoms with Crippen LogP contribution < -0.4 is 15.4 Å². The molecule has 2 N–H and O–H groups in total. The van der Waals surface area contributed by atoms with Crippen molar-refractivity contribution in [3.63, 3.8) is 0 Å². The topological polar surface area (TPSA) is 50.4 Å². The summed E-state index contributed by atoms with van der Waals surface area (Å²) in [5.74, 6) is -2.79. The lowest BCUT2D eigenvalue weighted by molar-refractivity contribution is -0.114. The summed E-state index contributed by atoms with van der Waals surface area (Å²) >= 11 is 0. The molecule has 1 amide bonds. The highest BCUT2D eigenvalue weighted by atomic mass is 19.3.